The quantitative estimate of drug-likeness (QED) is 0.780. The second-order valence-corrected chi connectivity index (χ2v) is 5.66. The maximum absolute atomic E-state index is 5.63. The fraction of sp³-hybridized carbons (Fsp3) is 0.833. The fourth-order valence-electron chi connectivity index (χ4n) is 2.47. The molecule has 0 aliphatic carbocycles. The summed E-state index contributed by atoms with van der Waals surface area (Å²) in [6.07, 6.45) is 4.85. The van der Waals surface area contributed by atoms with E-state index in [9.17, 15) is 0 Å². The maximum atomic E-state index is 5.63. The topological polar surface area (TPSA) is 43.2 Å². The van der Waals surface area contributed by atoms with Gasteiger partial charge in [0.1, 0.15) is 12.7 Å². The molecule has 0 N–H and O–H groups in total. The molecule has 17 heavy (non-hydrogen) atoms. The highest BCUT2D eigenvalue weighted by atomic mass is 16.5. The summed E-state index contributed by atoms with van der Waals surface area (Å²) in [5.74, 6) is 0. The van der Waals surface area contributed by atoms with E-state index in [2.05, 4.69) is 40.4 Å². The van der Waals surface area contributed by atoms with Crippen LogP contribution in [0, 0.1) is 0 Å². The SMILES string of the molecule is COC1CN(C(C)(C)C)CCC1n1cnnc1. The predicted octanol–water partition coefficient (Wildman–Crippen LogP) is 1.34. The molecule has 1 aromatic heterocycles. The first-order chi connectivity index (χ1) is 8.02. The number of piperidine rings is 1. The number of ether oxygens (including phenoxy) is 1. The van der Waals surface area contributed by atoms with Gasteiger partial charge in [0, 0.05) is 25.7 Å². The van der Waals surface area contributed by atoms with Crippen LogP contribution in [-0.2, 0) is 4.74 Å². The highest BCUT2D eigenvalue weighted by Gasteiger charge is 2.34. The molecular formula is C12H22N4O. The minimum atomic E-state index is 0.203. The van der Waals surface area contributed by atoms with Crippen molar-refractivity contribution in [2.75, 3.05) is 20.2 Å². The van der Waals surface area contributed by atoms with Gasteiger partial charge in [0.05, 0.1) is 12.1 Å². The van der Waals surface area contributed by atoms with Crippen LogP contribution in [-0.4, -0.2) is 51.5 Å². The second kappa shape index (κ2) is 4.74. The molecule has 2 heterocycles. The Labute approximate surface area is 103 Å². The lowest BCUT2D eigenvalue weighted by Gasteiger charge is -2.44. The summed E-state index contributed by atoms with van der Waals surface area (Å²) in [7, 11) is 1.79. The average molecular weight is 238 g/mol. The molecule has 0 radical (unpaired) electrons. The lowest BCUT2D eigenvalue weighted by Crippen LogP contribution is -2.52. The van der Waals surface area contributed by atoms with Crippen LogP contribution in [0.3, 0.4) is 0 Å². The second-order valence-electron chi connectivity index (χ2n) is 5.66. The van der Waals surface area contributed by atoms with Gasteiger partial charge in [-0.15, -0.1) is 10.2 Å². The minimum Gasteiger partial charge on any atom is -0.378 e. The van der Waals surface area contributed by atoms with Crippen molar-refractivity contribution < 1.29 is 4.74 Å². The van der Waals surface area contributed by atoms with Crippen molar-refractivity contribution in [2.24, 2.45) is 0 Å². The summed E-state index contributed by atoms with van der Waals surface area (Å²) < 4.78 is 7.70. The van der Waals surface area contributed by atoms with E-state index in [-0.39, 0.29) is 11.6 Å². The Morgan fingerprint density at radius 3 is 2.41 bits per heavy atom. The van der Waals surface area contributed by atoms with E-state index in [1.165, 1.54) is 0 Å². The smallest absolute Gasteiger partial charge is 0.119 e. The summed E-state index contributed by atoms with van der Waals surface area (Å²) >= 11 is 0. The Kier molecular flexibility index (Phi) is 3.49. The molecule has 96 valence electrons. The van der Waals surface area contributed by atoms with Crippen LogP contribution >= 0.6 is 0 Å². The van der Waals surface area contributed by atoms with Gasteiger partial charge in [-0.1, -0.05) is 0 Å². The maximum Gasteiger partial charge on any atom is 0.119 e. The van der Waals surface area contributed by atoms with Gasteiger partial charge in [-0.05, 0) is 27.2 Å². The molecule has 1 aliphatic rings. The van der Waals surface area contributed by atoms with E-state index in [1.54, 1.807) is 19.8 Å². The number of hydrogen-bond acceptors (Lipinski definition) is 4. The van der Waals surface area contributed by atoms with Crippen LogP contribution in [0.5, 0.6) is 0 Å². The van der Waals surface area contributed by atoms with Crippen molar-refractivity contribution in [1.82, 2.24) is 19.7 Å². The molecule has 0 aromatic carbocycles. The summed E-state index contributed by atoms with van der Waals surface area (Å²) in [6, 6.07) is 0.355. The lowest BCUT2D eigenvalue weighted by molar-refractivity contribution is -0.0341. The Morgan fingerprint density at radius 2 is 1.88 bits per heavy atom. The molecule has 0 spiro atoms. The number of hydrogen-bond donors (Lipinski definition) is 0. The van der Waals surface area contributed by atoms with Gasteiger partial charge >= 0.3 is 0 Å². The predicted molar refractivity (Wildman–Crippen MR) is 65.8 cm³/mol. The summed E-state index contributed by atoms with van der Waals surface area (Å²) in [5, 5.41) is 7.76. The first-order valence-corrected chi connectivity index (χ1v) is 6.14. The van der Waals surface area contributed by atoms with Crippen LogP contribution in [0.25, 0.3) is 0 Å². The van der Waals surface area contributed by atoms with Gasteiger partial charge in [-0.25, -0.2) is 0 Å². The molecule has 5 nitrogen and oxygen atoms in total. The Morgan fingerprint density at radius 1 is 1.24 bits per heavy atom. The Bertz CT molecular complexity index is 344. The van der Waals surface area contributed by atoms with Crippen molar-refractivity contribution in [3.63, 3.8) is 0 Å². The largest absolute Gasteiger partial charge is 0.378 e. The standard InChI is InChI=1S/C12H22N4O/c1-12(2,3)16-6-5-10(11(7-16)17-4)15-8-13-14-9-15/h8-11H,5-7H2,1-4H3. The molecule has 2 unspecified atom stereocenters. The van der Waals surface area contributed by atoms with E-state index in [0.29, 0.717) is 6.04 Å². The first-order valence-electron chi connectivity index (χ1n) is 6.14. The van der Waals surface area contributed by atoms with Crippen LogP contribution in [0.1, 0.15) is 33.2 Å². The number of rotatable bonds is 2. The molecule has 0 amide bonds. The molecule has 1 saturated heterocycles. The molecule has 2 rings (SSSR count). The zero-order valence-corrected chi connectivity index (χ0v) is 11.1. The van der Waals surface area contributed by atoms with Crippen molar-refractivity contribution in [3.8, 4) is 0 Å². The lowest BCUT2D eigenvalue weighted by atomic mass is 9.96. The molecule has 1 aliphatic heterocycles. The highest BCUT2D eigenvalue weighted by molar-refractivity contribution is 4.90. The highest BCUT2D eigenvalue weighted by Crippen LogP contribution is 2.28. The number of methoxy groups -OCH3 is 1. The van der Waals surface area contributed by atoms with E-state index in [1.807, 2.05) is 0 Å². The van der Waals surface area contributed by atoms with Crippen LogP contribution < -0.4 is 0 Å². The average Bonchev–Trinajstić information content (AvgIpc) is 2.80. The third kappa shape index (κ3) is 2.66. The molecule has 0 bridgehead atoms. The van der Waals surface area contributed by atoms with Crippen LogP contribution in [0.4, 0.5) is 0 Å². The van der Waals surface area contributed by atoms with Crippen molar-refractivity contribution >= 4 is 0 Å². The summed E-state index contributed by atoms with van der Waals surface area (Å²) in [5.41, 5.74) is 0.203. The Balaban J connectivity index is 2.09. The third-order valence-corrected chi connectivity index (χ3v) is 3.60. The number of nitrogens with zero attached hydrogens (tertiary/aromatic N) is 4. The zero-order valence-electron chi connectivity index (χ0n) is 11.1. The first kappa shape index (κ1) is 12.5. The zero-order chi connectivity index (χ0) is 12.5. The van der Waals surface area contributed by atoms with Crippen molar-refractivity contribution in [3.05, 3.63) is 12.7 Å². The molecular weight excluding hydrogens is 216 g/mol. The van der Waals surface area contributed by atoms with Gasteiger partial charge in [-0.3, -0.25) is 4.90 Å². The summed E-state index contributed by atoms with van der Waals surface area (Å²) in [4.78, 5) is 2.47. The van der Waals surface area contributed by atoms with Gasteiger partial charge in [0.25, 0.3) is 0 Å². The minimum absolute atomic E-state index is 0.203. The summed E-state index contributed by atoms with van der Waals surface area (Å²) in [6.45, 7) is 8.80. The van der Waals surface area contributed by atoms with Crippen LogP contribution in [0.2, 0.25) is 0 Å². The normalized spacial score (nSPS) is 27.3. The third-order valence-electron chi connectivity index (χ3n) is 3.60. The van der Waals surface area contributed by atoms with E-state index < -0.39 is 0 Å². The fourth-order valence-corrected chi connectivity index (χ4v) is 2.47. The number of aromatic nitrogens is 3. The Hall–Kier alpha value is -0.940. The molecule has 1 aromatic rings. The van der Waals surface area contributed by atoms with Crippen molar-refractivity contribution in [1.29, 1.82) is 0 Å². The van der Waals surface area contributed by atoms with Gasteiger partial charge in [-0.2, -0.15) is 0 Å². The van der Waals surface area contributed by atoms with Crippen molar-refractivity contribution in [2.45, 2.75) is 44.9 Å². The molecule has 5 heteroatoms. The number of likely N-dealkylation sites (tertiary alicyclic amines) is 1. The van der Waals surface area contributed by atoms with E-state index in [4.69, 9.17) is 4.74 Å². The van der Waals surface area contributed by atoms with E-state index in [0.717, 1.165) is 19.5 Å². The van der Waals surface area contributed by atoms with Gasteiger partial charge < -0.3 is 9.30 Å². The molecule has 1 fully saturated rings. The van der Waals surface area contributed by atoms with E-state index >= 15 is 0 Å². The van der Waals surface area contributed by atoms with Gasteiger partial charge in [0.2, 0.25) is 0 Å². The van der Waals surface area contributed by atoms with Crippen LogP contribution in [0.15, 0.2) is 12.7 Å². The molecule has 2 atom stereocenters. The van der Waals surface area contributed by atoms with Gasteiger partial charge in [0.15, 0.2) is 0 Å². The monoisotopic (exact) mass is 238 g/mol. The molecule has 0 saturated carbocycles.